The highest BCUT2D eigenvalue weighted by Crippen LogP contribution is 2.47. The Balaban J connectivity index is 2.11. The number of pyridine rings is 1. The van der Waals surface area contributed by atoms with E-state index in [4.69, 9.17) is 8.48 Å². The second-order valence-corrected chi connectivity index (χ2v) is 4.23. The van der Waals surface area contributed by atoms with Crippen molar-refractivity contribution in [3.8, 4) is 0 Å². The quantitative estimate of drug-likeness (QED) is 0.810. The lowest BCUT2D eigenvalue weighted by atomic mass is 9.97. The van der Waals surface area contributed by atoms with Gasteiger partial charge in [0.2, 0.25) is 5.91 Å². The summed E-state index contributed by atoms with van der Waals surface area (Å²) in [6.45, 7) is 0. The molecular formula is C12H13N3O. The molecule has 82 valence electrons. The zero-order valence-electron chi connectivity index (χ0n) is 10.7. The van der Waals surface area contributed by atoms with Crippen LogP contribution in [0, 0.1) is 0 Å². The van der Waals surface area contributed by atoms with Crippen molar-refractivity contribution in [1.29, 1.82) is 0 Å². The first-order chi connectivity index (χ1) is 8.46. The summed E-state index contributed by atoms with van der Waals surface area (Å²) in [4.78, 5) is 19.8. The van der Waals surface area contributed by atoms with Gasteiger partial charge in [0.1, 0.15) is 0 Å². The molecule has 1 aliphatic heterocycles. The van der Waals surface area contributed by atoms with E-state index in [0.29, 0.717) is 29.8 Å². The van der Waals surface area contributed by atoms with E-state index >= 15 is 0 Å². The highest BCUT2D eigenvalue weighted by Gasteiger charge is 2.51. The highest BCUT2D eigenvalue weighted by atomic mass is 16.1. The van der Waals surface area contributed by atoms with Crippen molar-refractivity contribution >= 4 is 17.8 Å². The molecule has 4 heteroatoms. The lowest BCUT2D eigenvalue weighted by Crippen LogP contribution is -2.29. The Labute approximate surface area is 96.4 Å². The molecule has 1 aromatic rings. The number of nitrogens with zero attached hydrogens (tertiary/aromatic N) is 2. The van der Waals surface area contributed by atoms with Crippen LogP contribution in [-0.4, -0.2) is 17.1 Å². The van der Waals surface area contributed by atoms with Gasteiger partial charge in [-0.2, -0.15) is 0 Å². The molecule has 4 nitrogen and oxygen atoms in total. The van der Waals surface area contributed by atoms with Crippen LogP contribution in [0.3, 0.4) is 0 Å². The maximum atomic E-state index is 11.5. The summed E-state index contributed by atoms with van der Waals surface area (Å²) >= 11 is 0. The average molecular weight is 217 g/mol. The van der Waals surface area contributed by atoms with Gasteiger partial charge in [0.05, 0.1) is 23.0 Å². The predicted molar refractivity (Wildman–Crippen MR) is 60.8 cm³/mol. The molecule has 2 N–H and O–H groups in total. The molecule has 1 aliphatic carbocycles. The number of rotatable bonds is 2. The highest BCUT2D eigenvalue weighted by molar-refractivity contribution is 5.89. The van der Waals surface area contributed by atoms with Crippen LogP contribution in [0.4, 0.5) is 5.69 Å². The predicted octanol–water partition coefficient (Wildman–Crippen LogP) is 1.25. The molecule has 3 rings (SSSR count). The van der Waals surface area contributed by atoms with Crippen LogP contribution in [-0.2, 0) is 16.6 Å². The van der Waals surface area contributed by atoms with Crippen molar-refractivity contribution < 1.29 is 7.54 Å². The van der Waals surface area contributed by atoms with Crippen LogP contribution < -0.4 is 5.73 Å². The van der Waals surface area contributed by atoms with Gasteiger partial charge in [-0.25, -0.2) is 0 Å². The van der Waals surface area contributed by atoms with Gasteiger partial charge in [-0.3, -0.25) is 14.8 Å². The summed E-state index contributed by atoms with van der Waals surface area (Å²) in [6.07, 6.45) is 3.27. The van der Waals surface area contributed by atoms with E-state index in [-0.39, 0.29) is 12.3 Å². The first-order valence-electron chi connectivity index (χ1n) is 6.29. The van der Waals surface area contributed by atoms with Crippen molar-refractivity contribution in [3.63, 3.8) is 0 Å². The van der Waals surface area contributed by atoms with E-state index in [1.165, 1.54) is 6.20 Å². The van der Waals surface area contributed by atoms with Crippen molar-refractivity contribution in [1.82, 2.24) is 4.98 Å². The minimum Gasteiger partial charge on any atom is -0.369 e. The Bertz CT molecular complexity index is 564. The fourth-order valence-corrected chi connectivity index (χ4v) is 2.01. The van der Waals surface area contributed by atoms with Gasteiger partial charge in [0, 0.05) is 8.96 Å². The normalized spacial score (nSPS) is 25.2. The van der Waals surface area contributed by atoms with Crippen molar-refractivity contribution in [2.45, 2.75) is 31.1 Å². The zero-order chi connectivity index (χ0) is 13.0. The van der Waals surface area contributed by atoms with Crippen LogP contribution in [0.5, 0.6) is 0 Å². The summed E-state index contributed by atoms with van der Waals surface area (Å²) in [7, 11) is 0. The molecule has 0 unspecified atom stereocenters. The number of hydrogen-bond donors (Lipinski definition) is 1. The minimum atomic E-state index is -1.46. The first kappa shape index (κ1) is 7.54. The number of carbonyl (C=O) groups is 1. The van der Waals surface area contributed by atoms with E-state index in [9.17, 15) is 4.79 Å². The van der Waals surface area contributed by atoms with Crippen LogP contribution in [0.25, 0.3) is 0 Å². The molecule has 2 heterocycles. The minimum absolute atomic E-state index is 0.243. The maximum Gasteiger partial charge on any atom is 0.229 e. The molecule has 0 spiro atoms. The summed E-state index contributed by atoms with van der Waals surface area (Å²) in [5, 5.41) is 0. The topological polar surface area (TPSA) is 68.3 Å². The summed E-state index contributed by atoms with van der Waals surface area (Å²) < 4.78 is 15.9. The summed E-state index contributed by atoms with van der Waals surface area (Å²) in [5.74, 6) is -0.380. The van der Waals surface area contributed by atoms with E-state index < -0.39 is 11.8 Å². The largest absolute Gasteiger partial charge is 0.369 e. The molecule has 1 saturated carbocycles. The fraction of sp³-hybridized carbons (Fsp3) is 0.417. The Kier molecular flexibility index (Phi) is 1.48. The molecule has 1 aromatic heterocycles. The third-order valence-electron chi connectivity index (χ3n) is 3.21. The SMILES string of the molecule is [2H]C1([2H])CC=Nc2cnc(C3(C(N)=O)CC3)cc21. The smallest absolute Gasteiger partial charge is 0.229 e. The number of carbonyl (C=O) groups excluding carboxylic acids is 1. The second kappa shape index (κ2) is 3.14. The lowest BCUT2D eigenvalue weighted by molar-refractivity contribution is -0.120. The summed E-state index contributed by atoms with van der Waals surface area (Å²) in [5.41, 5.74) is 6.35. The Morgan fingerprint density at radius 3 is 3.06 bits per heavy atom. The molecule has 1 amide bonds. The Hall–Kier alpha value is -1.71. The van der Waals surface area contributed by atoms with Gasteiger partial charge in [0.25, 0.3) is 0 Å². The molecule has 2 aliphatic rings. The average Bonchev–Trinajstić information content (AvgIpc) is 3.09. The maximum absolute atomic E-state index is 11.5. The Morgan fingerprint density at radius 2 is 2.38 bits per heavy atom. The molecule has 1 fully saturated rings. The fourth-order valence-electron chi connectivity index (χ4n) is 2.01. The number of aryl methyl sites for hydroxylation is 1. The lowest BCUT2D eigenvalue weighted by Gasteiger charge is -2.14. The Morgan fingerprint density at radius 1 is 1.56 bits per heavy atom. The van der Waals surface area contributed by atoms with Crippen LogP contribution in [0.15, 0.2) is 17.3 Å². The molecule has 0 atom stereocenters. The molecule has 0 aromatic carbocycles. The van der Waals surface area contributed by atoms with Gasteiger partial charge >= 0.3 is 0 Å². The third kappa shape index (κ3) is 1.26. The molecule has 16 heavy (non-hydrogen) atoms. The molecule has 0 radical (unpaired) electrons. The van der Waals surface area contributed by atoms with E-state index in [1.54, 1.807) is 12.3 Å². The zero-order valence-corrected chi connectivity index (χ0v) is 8.73. The number of primary amides is 1. The van der Waals surface area contributed by atoms with Gasteiger partial charge in [-0.15, -0.1) is 0 Å². The van der Waals surface area contributed by atoms with Crippen molar-refractivity contribution in [2.24, 2.45) is 10.7 Å². The van der Waals surface area contributed by atoms with Gasteiger partial charge in [0.15, 0.2) is 0 Å². The van der Waals surface area contributed by atoms with Gasteiger partial charge < -0.3 is 5.73 Å². The number of aliphatic imine (C=N–C) groups is 1. The van der Waals surface area contributed by atoms with E-state index in [1.807, 2.05) is 0 Å². The van der Waals surface area contributed by atoms with E-state index in [0.717, 1.165) is 0 Å². The second-order valence-electron chi connectivity index (χ2n) is 4.23. The van der Waals surface area contributed by atoms with Crippen LogP contribution >= 0.6 is 0 Å². The first-order valence-corrected chi connectivity index (χ1v) is 5.29. The number of aromatic nitrogens is 1. The van der Waals surface area contributed by atoms with Crippen LogP contribution in [0.2, 0.25) is 0 Å². The number of fused-ring (bicyclic) bond motifs is 1. The van der Waals surface area contributed by atoms with E-state index in [2.05, 4.69) is 9.98 Å². The third-order valence-corrected chi connectivity index (χ3v) is 3.21. The molecule has 0 bridgehead atoms. The number of amides is 1. The number of hydrogen-bond acceptors (Lipinski definition) is 3. The van der Waals surface area contributed by atoms with Crippen molar-refractivity contribution in [3.05, 3.63) is 23.5 Å². The standard InChI is InChI=1S/C12H13N3O/c13-11(16)12(3-4-12)10-6-8-2-1-5-14-9(8)7-15-10/h5-7H,1-4H2,(H2,13,16)/i2D2. The summed E-state index contributed by atoms with van der Waals surface area (Å²) in [6, 6.07) is 1.66. The molecule has 0 saturated heterocycles. The van der Waals surface area contributed by atoms with Gasteiger partial charge in [-0.05, 0) is 37.3 Å². The number of nitrogens with two attached hydrogens (primary N) is 1. The molecular weight excluding hydrogens is 202 g/mol. The van der Waals surface area contributed by atoms with Gasteiger partial charge in [-0.1, -0.05) is 0 Å². The van der Waals surface area contributed by atoms with Crippen LogP contribution in [0.1, 0.15) is 33.3 Å². The van der Waals surface area contributed by atoms with Crippen molar-refractivity contribution in [2.75, 3.05) is 0 Å². The monoisotopic (exact) mass is 217 g/mol.